The van der Waals surface area contributed by atoms with Crippen LogP contribution in [0.15, 0.2) is 60.2 Å². The van der Waals surface area contributed by atoms with Crippen LogP contribution in [-0.2, 0) is 43.1 Å². The van der Waals surface area contributed by atoms with E-state index in [4.69, 9.17) is 14.2 Å². The molecule has 3 aromatic carbocycles. The third-order valence-electron chi connectivity index (χ3n) is 22.0. The molecule has 16 bridgehead atoms. The van der Waals surface area contributed by atoms with Gasteiger partial charge in [-0.25, -0.2) is 4.79 Å². The van der Waals surface area contributed by atoms with Gasteiger partial charge in [-0.15, -0.1) is 0 Å². The van der Waals surface area contributed by atoms with Crippen molar-refractivity contribution in [3.63, 3.8) is 0 Å². The summed E-state index contributed by atoms with van der Waals surface area (Å²) in [4.78, 5) is 44.9. The fourth-order valence-corrected chi connectivity index (χ4v) is 17.8. The lowest BCUT2D eigenvalue weighted by Gasteiger charge is -2.66. The molecule has 83 heavy (non-hydrogen) atoms. The van der Waals surface area contributed by atoms with Crippen LogP contribution < -0.4 is 10.1 Å². The van der Waals surface area contributed by atoms with Crippen LogP contribution in [0.4, 0.5) is 5.69 Å². The minimum absolute atomic E-state index is 0.0177. The number of Topliss-reactive ketones (excluding diaryl/α,β-unsaturated/α-hetero) is 1. The molecule has 13 nitrogen and oxygen atoms in total. The Kier molecular flexibility index (Phi) is 15.7. The molecule has 15 unspecified atom stereocenters. The Bertz CT molecular complexity index is 3160. The number of hydrogen-bond acceptors (Lipinski definition) is 13. The van der Waals surface area contributed by atoms with Crippen LogP contribution in [0, 0.1) is 71.0 Å². The molecule has 0 aromatic heterocycles. The Morgan fingerprint density at radius 3 is 2.30 bits per heavy atom. The number of anilines is 1. The van der Waals surface area contributed by atoms with Crippen molar-refractivity contribution in [2.24, 2.45) is 47.3 Å². The number of hydrogen-bond donors (Lipinski definition) is 7. The first-order valence-electron chi connectivity index (χ1n) is 31.7. The summed E-state index contributed by atoms with van der Waals surface area (Å²) in [5.41, 5.74) is 2.01. The van der Waals surface area contributed by atoms with E-state index in [-0.39, 0.29) is 122 Å². The molecule has 7 N–H and O–H groups in total. The summed E-state index contributed by atoms with van der Waals surface area (Å²) in [5, 5.41) is 78.6. The number of aromatic hydroxyl groups is 1. The van der Waals surface area contributed by atoms with E-state index in [2.05, 4.69) is 41.1 Å². The molecule has 14 rings (SSSR count). The summed E-state index contributed by atoms with van der Waals surface area (Å²) in [7, 11) is 0. The van der Waals surface area contributed by atoms with Crippen molar-refractivity contribution in [1.82, 2.24) is 0 Å². The van der Waals surface area contributed by atoms with E-state index >= 15 is 4.79 Å². The van der Waals surface area contributed by atoms with Gasteiger partial charge in [0, 0.05) is 72.4 Å². The first-order valence-corrected chi connectivity index (χ1v) is 31.7. The minimum atomic E-state index is -1.64. The fraction of sp³-hybridized carbons (Fsp3) is 0.614. The maximum absolute atomic E-state index is 16.1. The smallest absolute Gasteiger partial charge is 0.334 e. The molecular weight excluding hydrogens is 1050 g/mol. The molecule has 0 spiro atoms. The largest absolute Gasteiger partial charge is 0.507 e. The third-order valence-corrected chi connectivity index (χ3v) is 22.0. The van der Waals surface area contributed by atoms with Gasteiger partial charge in [-0.05, 0) is 177 Å². The van der Waals surface area contributed by atoms with Gasteiger partial charge in [0.25, 0.3) is 0 Å². The van der Waals surface area contributed by atoms with Gasteiger partial charge in [0.2, 0.25) is 0 Å². The number of phenolic OH excluding ortho intramolecular Hbond substituents is 1. The number of rotatable bonds is 2. The maximum Gasteiger partial charge on any atom is 0.334 e. The molecule has 15 atom stereocenters. The predicted molar refractivity (Wildman–Crippen MR) is 311 cm³/mol. The van der Waals surface area contributed by atoms with Crippen molar-refractivity contribution in [2.45, 2.75) is 208 Å². The van der Waals surface area contributed by atoms with Crippen LogP contribution >= 0.6 is 0 Å². The molecule has 5 aliphatic heterocycles. The summed E-state index contributed by atoms with van der Waals surface area (Å²) < 4.78 is 19.6. The number of ether oxygens (including phenoxy) is 3. The zero-order valence-electron chi connectivity index (χ0n) is 48.0. The van der Waals surface area contributed by atoms with Crippen molar-refractivity contribution in [3.8, 4) is 35.2 Å². The molecule has 5 heterocycles. The van der Waals surface area contributed by atoms with E-state index in [1.807, 2.05) is 30.3 Å². The average Bonchev–Trinajstić information content (AvgIpc) is 3.21. The van der Waals surface area contributed by atoms with Crippen LogP contribution in [0.5, 0.6) is 11.5 Å². The lowest BCUT2D eigenvalue weighted by Crippen LogP contribution is -2.71. The standard InChI is InChI=1S/C70H83NO12/c1-69(79)38-71-50-30-46(29-47(31-50)58(73)16-8-9-39-17-22-52(23-18-39)81-37-60(69)75)43-19-20-44-36-62(76)83-67-55(44)33-48(66(77)63(67)42-12-3-2-4-13-42)35-61-70(80)57-15-6-5-14-53(57)54-24-21-45-34-59(74)56(64(54)65(45)70)27-41-11-7-10-40(25-41)26-51(72)32-49(28-43)68(78)82-61/h7,10-11,25,29-33,39,42-45,51-54,56-58,60-61,64-65,71-73,75,77,79-80H,2-6,12-18,21-24,26-28,34-38H2,1H3. The highest BCUT2D eigenvalue weighted by Gasteiger charge is 2.69. The number of ketones is 1. The van der Waals surface area contributed by atoms with Crippen molar-refractivity contribution in [1.29, 1.82) is 0 Å². The second-order valence-electron chi connectivity index (χ2n) is 27.2. The third kappa shape index (κ3) is 11.0. The first-order chi connectivity index (χ1) is 40.1. The van der Waals surface area contributed by atoms with Crippen molar-refractivity contribution >= 4 is 23.4 Å². The van der Waals surface area contributed by atoms with Crippen LogP contribution in [-0.4, -0.2) is 97.1 Å². The van der Waals surface area contributed by atoms with Crippen molar-refractivity contribution in [3.05, 3.63) is 99.1 Å². The number of carbonyl (C=O) groups is 3. The van der Waals surface area contributed by atoms with Gasteiger partial charge in [-0.2, -0.15) is 0 Å². The summed E-state index contributed by atoms with van der Waals surface area (Å²) in [6.07, 6.45) is 10.7. The summed E-state index contributed by atoms with van der Waals surface area (Å²) in [6, 6.07) is 15.5. The van der Waals surface area contributed by atoms with E-state index < -0.39 is 59.4 Å². The SMILES string of the molecule is CC1(O)CNc2cc(cc(C3C#CC4CC(=O)Oc5c4cc(c(O)c5C4CCCCC4)CC4OC(=O)C(=CC(O)Cc5cccc(c5)CC5C(=O)CC6CCC7C8CCCCC8C4(O)C6C57)C3)c2)C(O)CC#CC2CCC(CC2)OCC1O. The van der Waals surface area contributed by atoms with Crippen molar-refractivity contribution < 1.29 is 59.2 Å². The molecule has 0 amide bonds. The molecule has 6 fully saturated rings. The van der Waals surface area contributed by atoms with E-state index in [1.54, 1.807) is 19.1 Å². The molecular formula is C70H83NO12. The average molecular weight is 1130 g/mol. The Labute approximate surface area is 488 Å². The topological polar surface area (TPSA) is 212 Å². The van der Waals surface area contributed by atoms with Gasteiger partial charge >= 0.3 is 11.9 Å². The van der Waals surface area contributed by atoms with Gasteiger partial charge in [0.15, 0.2) is 0 Å². The van der Waals surface area contributed by atoms with E-state index in [0.29, 0.717) is 52.1 Å². The normalized spacial score (nSPS) is 38.2. The minimum Gasteiger partial charge on any atom is -0.507 e. The highest BCUT2D eigenvalue weighted by atomic mass is 16.6. The first kappa shape index (κ1) is 56.6. The lowest BCUT2D eigenvalue weighted by molar-refractivity contribution is -0.265. The zero-order valence-corrected chi connectivity index (χ0v) is 48.0. The number of benzene rings is 3. The van der Waals surface area contributed by atoms with Gasteiger partial charge in [0.05, 0.1) is 37.3 Å². The number of nitrogens with one attached hydrogen (secondary N) is 1. The highest BCUT2D eigenvalue weighted by molar-refractivity contribution is 5.89. The summed E-state index contributed by atoms with van der Waals surface area (Å²) >= 11 is 0. The number of esters is 2. The molecule has 440 valence electrons. The molecule has 0 radical (unpaired) electrons. The van der Waals surface area contributed by atoms with E-state index in [1.165, 1.54) is 0 Å². The second-order valence-corrected chi connectivity index (χ2v) is 27.2. The van der Waals surface area contributed by atoms with Gasteiger partial charge in [0.1, 0.15) is 40.7 Å². The Balaban J connectivity index is 1.01. The summed E-state index contributed by atoms with van der Waals surface area (Å²) in [5.74, 6) is 10.5. The zero-order chi connectivity index (χ0) is 57.3. The number of phenols is 1. The van der Waals surface area contributed by atoms with Gasteiger partial charge in [-0.1, -0.05) is 86.1 Å². The Hall–Kier alpha value is -5.51. The number of fused-ring (bicyclic) bond motifs is 19. The number of aliphatic hydroxyl groups is 5. The molecule has 3 aromatic rings. The molecule has 6 aliphatic carbocycles. The summed E-state index contributed by atoms with van der Waals surface area (Å²) in [6.45, 7) is 1.42. The second kappa shape index (κ2) is 23.1. The fourth-order valence-electron chi connectivity index (χ4n) is 17.8. The van der Waals surface area contributed by atoms with E-state index in [9.17, 15) is 40.2 Å². The Morgan fingerprint density at radius 2 is 1.48 bits per heavy atom. The molecule has 6 saturated carbocycles. The quantitative estimate of drug-likeness (QED) is 0.0725. The molecule has 11 aliphatic rings. The van der Waals surface area contributed by atoms with Crippen LogP contribution in [0.1, 0.15) is 192 Å². The molecule has 0 saturated heterocycles. The van der Waals surface area contributed by atoms with Crippen LogP contribution in [0.3, 0.4) is 0 Å². The van der Waals surface area contributed by atoms with Gasteiger partial charge in [-0.3, -0.25) is 9.59 Å². The number of aliphatic hydroxyl groups excluding tert-OH is 3. The maximum atomic E-state index is 16.1. The monoisotopic (exact) mass is 1130 g/mol. The van der Waals surface area contributed by atoms with Crippen LogP contribution in [0.25, 0.3) is 0 Å². The highest BCUT2D eigenvalue weighted by Crippen LogP contribution is 2.66. The van der Waals surface area contributed by atoms with E-state index in [0.717, 1.165) is 107 Å². The number of carbonyl (C=O) groups excluding carboxylic acids is 3. The molecule has 13 heteroatoms. The van der Waals surface area contributed by atoms with Gasteiger partial charge < -0.3 is 50.2 Å². The predicted octanol–water partition coefficient (Wildman–Crippen LogP) is 9.50. The lowest BCUT2D eigenvalue weighted by atomic mass is 9.40. The van der Waals surface area contributed by atoms with Crippen molar-refractivity contribution in [2.75, 3.05) is 18.5 Å². The Morgan fingerprint density at radius 1 is 0.723 bits per heavy atom. The van der Waals surface area contributed by atoms with Crippen LogP contribution in [0.2, 0.25) is 0 Å².